The van der Waals surface area contributed by atoms with Crippen LogP contribution >= 0.6 is 0 Å². The zero-order valence-corrected chi connectivity index (χ0v) is 9.91. The van der Waals surface area contributed by atoms with Gasteiger partial charge < -0.3 is 8.94 Å². The summed E-state index contributed by atoms with van der Waals surface area (Å²) in [5.74, 6) is 0.873. The van der Waals surface area contributed by atoms with Gasteiger partial charge in [-0.3, -0.25) is 0 Å². The number of nitrogens with zero attached hydrogens (tertiary/aromatic N) is 3. The Morgan fingerprint density at radius 3 is 2.89 bits per heavy atom. The van der Waals surface area contributed by atoms with Gasteiger partial charge in [0.2, 0.25) is 5.82 Å². The van der Waals surface area contributed by atoms with E-state index in [-0.39, 0.29) is 0 Å². The van der Waals surface area contributed by atoms with Gasteiger partial charge in [0.25, 0.3) is 5.89 Å². The Balaban J connectivity index is 2.02. The lowest BCUT2D eigenvalue weighted by Crippen LogP contribution is -1.88. The maximum absolute atomic E-state index is 8.82. The van der Waals surface area contributed by atoms with Crippen LogP contribution in [0.2, 0.25) is 0 Å². The topological polar surface area (TPSA) is 75.8 Å². The molecule has 0 unspecified atom stereocenters. The number of nitriles is 1. The van der Waals surface area contributed by atoms with Crippen LogP contribution in [0.5, 0.6) is 0 Å². The molecule has 0 saturated heterocycles. The van der Waals surface area contributed by atoms with Crippen molar-refractivity contribution in [2.45, 2.75) is 6.42 Å². The fraction of sp³-hybridized carbons (Fsp3) is 0.0714. The lowest BCUT2D eigenvalue weighted by Gasteiger charge is -2.00. The SMILES string of the molecule is N#CCc1ccccc1-c1nc(-c2ccoc2)no1. The van der Waals surface area contributed by atoms with Gasteiger partial charge in [0.1, 0.15) is 6.26 Å². The Hall–Kier alpha value is -2.87. The van der Waals surface area contributed by atoms with E-state index in [0.717, 1.165) is 16.7 Å². The summed E-state index contributed by atoms with van der Waals surface area (Å²) < 4.78 is 10.2. The van der Waals surface area contributed by atoms with E-state index in [1.54, 1.807) is 18.6 Å². The van der Waals surface area contributed by atoms with Gasteiger partial charge in [-0.1, -0.05) is 23.4 Å². The quantitative estimate of drug-likeness (QED) is 0.715. The van der Waals surface area contributed by atoms with Gasteiger partial charge in [0.15, 0.2) is 0 Å². The summed E-state index contributed by atoms with van der Waals surface area (Å²) in [6.45, 7) is 0. The fourth-order valence-electron chi connectivity index (χ4n) is 1.81. The van der Waals surface area contributed by atoms with E-state index in [1.807, 2.05) is 24.3 Å². The molecule has 0 amide bonds. The highest BCUT2D eigenvalue weighted by molar-refractivity contribution is 5.62. The molecule has 0 aliphatic carbocycles. The minimum Gasteiger partial charge on any atom is -0.472 e. The van der Waals surface area contributed by atoms with E-state index in [1.165, 1.54) is 0 Å². The molecule has 0 radical (unpaired) electrons. The van der Waals surface area contributed by atoms with Crippen molar-refractivity contribution < 1.29 is 8.94 Å². The van der Waals surface area contributed by atoms with Crippen LogP contribution in [0.4, 0.5) is 0 Å². The first kappa shape index (κ1) is 11.2. The normalized spacial score (nSPS) is 10.3. The monoisotopic (exact) mass is 251 g/mol. The standard InChI is InChI=1S/C14H9N3O2/c15-7-5-10-3-1-2-4-12(10)14-16-13(17-19-14)11-6-8-18-9-11/h1-4,6,8-9H,5H2. The molecule has 5 heteroatoms. The molecule has 0 fully saturated rings. The molecule has 92 valence electrons. The van der Waals surface area contributed by atoms with Gasteiger partial charge in [0.05, 0.1) is 24.3 Å². The van der Waals surface area contributed by atoms with Crippen LogP contribution < -0.4 is 0 Å². The molecule has 0 N–H and O–H groups in total. The number of aromatic nitrogens is 2. The predicted molar refractivity (Wildman–Crippen MR) is 66.8 cm³/mol. The van der Waals surface area contributed by atoms with Crippen LogP contribution in [0.3, 0.4) is 0 Å². The van der Waals surface area contributed by atoms with Crippen molar-refractivity contribution in [1.82, 2.24) is 10.1 Å². The Kier molecular flexibility index (Phi) is 2.83. The zero-order chi connectivity index (χ0) is 13.1. The number of hydrogen-bond donors (Lipinski definition) is 0. The average molecular weight is 251 g/mol. The van der Waals surface area contributed by atoms with Crippen LogP contribution in [0.25, 0.3) is 22.8 Å². The number of furan rings is 1. The van der Waals surface area contributed by atoms with Gasteiger partial charge in [-0.2, -0.15) is 10.2 Å². The molecule has 0 bridgehead atoms. The van der Waals surface area contributed by atoms with Crippen molar-refractivity contribution in [3.63, 3.8) is 0 Å². The molecule has 3 rings (SSSR count). The second-order valence-corrected chi connectivity index (χ2v) is 3.93. The van der Waals surface area contributed by atoms with Crippen LogP contribution in [-0.2, 0) is 6.42 Å². The van der Waals surface area contributed by atoms with Crippen LogP contribution in [-0.4, -0.2) is 10.1 Å². The summed E-state index contributed by atoms with van der Waals surface area (Å²) in [6.07, 6.45) is 3.41. The molecule has 0 aliphatic heterocycles. The van der Waals surface area contributed by atoms with Crippen molar-refractivity contribution in [1.29, 1.82) is 5.26 Å². The Bertz CT molecular complexity index is 723. The lowest BCUT2D eigenvalue weighted by atomic mass is 10.1. The maximum atomic E-state index is 8.82. The molecular weight excluding hydrogens is 242 g/mol. The summed E-state index contributed by atoms with van der Waals surface area (Å²) in [7, 11) is 0. The molecule has 2 heterocycles. The van der Waals surface area contributed by atoms with E-state index in [9.17, 15) is 0 Å². The molecule has 0 saturated carbocycles. The molecule has 19 heavy (non-hydrogen) atoms. The molecule has 0 spiro atoms. The second kappa shape index (κ2) is 4.78. The molecule has 5 nitrogen and oxygen atoms in total. The van der Waals surface area contributed by atoms with Crippen molar-refractivity contribution in [3.05, 3.63) is 48.4 Å². The molecule has 1 aromatic carbocycles. The van der Waals surface area contributed by atoms with Gasteiger partial charge in [0, 0.05) is 5.56 Å². The highest BCUT2D eigenvalue weighted by Gasteiger charge is 2.14. The van der Waals surface area contributed by atoms with Gasteiger partial charge >= 0.3 is 0 Å². The van der Waals surface area contributed by atoms with Crippen LogP contribution in [0.15, 0.2) is 51.8 Å². The molecule has 3 aromatic rings. The smallest absolute Gasteiger partial charge is 0.258 e. The largest absolute Gasteiger partial charge is 0.472 e. The van der Waals surface area contributed by atoms with Crippen LogP contribution in [0, 0.1) is 11.3 Å². The number of rotatable bonds is 3. The third-order valence-electron chi connectivity index (χ3n) is 2.72. The first-order valence-corrected chi connectivity index (χ1v) is 5.70. The highest BCUT2D eigenvalue weighted by atomic mass is 16.5. The maximum Gasteiger partial charge on any atom is 0.258 e. The summed E-state index contributed by atoms with van der Waals surface area (Å²) in [5, 5.41) is 12.7. The van der Waals surface area contributed by atoms with Gasteiger partial charge in [-0.25, -0.2) is 0 Å². The number of hydrogen-bond acceptors (Lipinski definition) is 5. The second-order valence-electron chi connectivity index (χ2n) is 3.93. The lowest BCUT2D eigenvalue weighted by molar-refractivity contribution is 0.432. The molecular formula is C14H9N3O2. The van der Waals surface area contributed by atoms with Gasteiger partial charge in [-0.15, -0.1) is 0 Å². The molecule has 0 atom stereocenters. The first-order chi connectivity index (χ1) is 9.38. The third-order valence-corrected chi connectivity index (χ3v) is 2.72. The summed E-state index contributed by atoms with van der Waals surface area (Å²) >= 11 is 0. The van der Waals surface area contributed by atoms with E-state index in [2.05, 4.69) is 16.2 Å². The Morgan fingerprint density at radius 1 is 1.21 bits per heavy atom. The van der Waals surface area contributed by atoms with Crippen molar-refractivity contribution in [3.8, 4) is 28.9 Å². The van der Waals surface area contributed by atoms with Crippen molar-refractivity contribution >= 4 is 0 Å². The van der Waals surface area contributed by atoms with E-state index in [4.69, 9.17) is 14.2 Å². The van der Waals surface area contributed by atoms with Crippen molar-refractivity contribution in [2.75, 3.05) is 0 Å². The Morgan fingerprint density at radius 2 is 2.11 bits per heavy atom. The predicted octanol–water partition coefficient (Wildman–Crippen LogP) is 3.06. The third kappa shape index (κ3) is 2.11. The number of benzene rings is 1. The average Bonchev–Trinajstić information content (AvgIpc) is 3.11. The minimum absolute atomic E-state index is 0.305. The molecule has 2 aromatic heterocycles. The summed E-state index contributed by atoms with van der Waals surface area (Å²) in [4.78, 5) is 4.32. The van der Waals surface area contributed by atoms with Crippen molar-refractivity contribution in [2.24, 2.45) is 0 Å². The summed E-state index contributed by atoms with van der Waals surface area (Å²) in [5.41, 5.74) is 2.41. The summed E-state index contributed by atoms with van der Waals surface area (Å²) in [6, 6.07) is 11.4. The van der Waals surface area contributed by atoms with Gasteiger partial charge in [-0.05, 0) is 17.7 Å². The van der Waals surface area contributed by atoms with E-state index in [0.29, 0.717) is 18.1 Å². The highest BCUT2D eigenvalue weighted by Crippen LogP contribution is 2.25. The van der Waals surface area contributed by atoms with Crippen LogP contribution in [0.1, 0.15) is 5.56 Å². The Labute approximate surface area is 109 Å². The zero-order valence-electron chi connectivity index (χ0n) is 9.91. The van der Waals surface area contributed by atoms with E-state index < -0.39 is 0 Å². The fourth-order valence-corrected chi connectivity index (χ4v) is 1.81. The van der Waals surface area contributed by atoms with E-state index >= 15 is 0 Å². The first-order valence-electron chi connectivity index (χ1n) is 5.70. The molecule has 0 aliphatic rings. The minimum atomic E-state index is 0.305.